The molecule has 0 fully saturated rings. The van der Waals surface area contributed by atoms with E-state index in [9.17, 15) is 19.8 Å². The quantitative estimate of drug-likeness (QED) is 0.210. The summed E-state index contributed by atoms with van der Waals surface area (Å²) in [5.41, 5.74) is 1.16. The highest BCUT2D eigenvalue weighted by Gasteiger charge is 2.36. The predicted octanol–water partition coefficient (Wildman–Crippen LogP) is 7.07. The van der Waals surface area contributed by atoms with Gasteiger partial charge in [0.05, 0.1) is 16.0 Å². The minimum atomic E-state index is -0.482. The summed E-state index contributed by atoms with van der Waals surface area (Å²) >= 11 is 2.72. The maximum atomic E-state index is 13.7. The van der Waals surface area contributed by atoms with Crippen molar-refractivity contribution < 1.29 is 19.8 Å². The molecule has 0 saturated heterocycles. The molecule has 1 aliphatic carbocycles. The third kappa shape index (κ3) is 5.13. The number of phenolic OH excluding ortho intramolecular Hbond substituents is 2. The molecular formula is C28H24O4S2. The van der Waals surface area contributed by atoms with E-state index in [-0.39, 0.29) is 27.9 Å². The molecule has 1 unspecified atom stereocenters. The van der Waals surface area contributed by atoms with Crippen LogP contribution >= 0.6 is 23.5 Å². The monoisotopic (exact) mass is 488 g/mol. The van der Waals surface area contributed by atoms with Gasteiger partial charge in [-0.2, -0.15) is 0 Å². The maximum Gasteiger partial charge on any atom is 0.194 e. The summed E-state index contributed by atoms with van der Waals surface area (Å²) in [5.74, 6) is -1.51. The van der Waals surface area contributed by atoms with Crippen LogP contribution in [0.1, 0.15) is 41.0 Å². The molecule has 4 rings (SSSR count). The van der Waals surface area contributed by atoms with Crippen LogP contribution in [0, 0.1) is 0 Å². The van der Waals surface area contributed by atoms with Gasteiger partial charge in [0, 0.05) is 20.6 Å². The molecule has 2 N–H and O–H groups in total. The highest BCUT2D eigenvalue weighted by molar-refractivity contribution is 8.00. The Labute approximate surface area is 207 Å². The lowest BCUT2D eigenvalue weighted by molar-refractivity contribution is 0.0976. The maximum absolute atomic E-state index is 13.7. The largest absolute Gasteiger partial charge is 0.507 e. The van der Waals surface area contributed by atoms with Gasteiger partial charge < -0.3 is 10.2 Å². The van der Waals surface area contributed by atoms with Crippen molar-refractivity contribution in [1.29, 1.82) is 0 Å². The molecule has 0 aromatic heterocycles. The molecule has 0 heterocycles. The van der Waals surface area contributed by atoms with Gasteiger partial charge in [0.1, 0.15) is 11.5 Å². The van der Waals surface area contributed by atoms with Gasteiger partial charge >= 0.3 is 0 Å². The topological polar surface area (TPSA) is 74.6 Å². The Bertz CT molecular complexity index is 1290. The van der Waals surface area contributed by atoms with Gasteiger partial charge in [-0.05, 0) is 56.7 Å². The highest BCUT2D eigenvalue weighted by atomic mass is 32.2. The van der Waals surface area contributed by atoms with Crippen LogP contribution in [0.5, 0.6) is 11.5 Å². The fraction of sp³-hybridized carbons (Fsp3) is 0.143. The van der Waals surface area contributed by atoms with Gasteiger partial charge in [-0.15, -0.1) is 11.8 Å². The summed E-state index contributed by atoms with van der Waals surface area (Å²) in [6.07, 6.45) is 3.90. The standard InChI is InChI=1S/C28H24O4S2/c1-17(2)13-14-23(33-18-9-5-3-6-10-18)20-15-21(29)25-22(30)16-24(28(32)26(25)27(20)31)34-19-11-7-4-8-12-19/h3-13,15-16,23,30,32H,14H2,1-2H3. The average Bonchev–Trinajstić information content (AvgIpc) is 2.82. The SMILES string of the molecule is CC(C)=CCC(Sc1ccccc1)C1=CC(=O)c2c(O)cc(Sc3ccccc3)c(O)c2C1=O. The van der Waals surface area contributed by atoms with Crippen LogP contribution in [0.2, 0.25) is 0 Å². The Morgan fingerprint density at radius 1 is 0.912 bits per heavy atom. The summed E-state index contributed by atoms with van der Waals surface area (Å²) in [6, 6.07) is 20.4. The van der Waals surface area contributed by atoms with Crippen LogP contribution in [0.4, 0.5) is 0 Å². The fourth-order valence-electron chi connectivity index (χ4n) is 3.71. The molecule has 1 atom stereocenters. The van der Waals surface area contributed by atoms with E-state index in [2.05, 4.69) is 0 Å². The molecule has 3 aromatic carbocycles. The molecule has 34 heavy (non-hydrogen) atoms. The molecule has 0 bridgehead atoms. The van der Waals surface area contributed by atoms with E-state index in [0.29, 0.717) is 16.9 Å². The van der Waals surface area contributed by atoms with Crippen molar-refractivity contribution in [2.24, 2.45) is 0 Å². The number of aromatic hydroxyl groups is 2. The number of rotatable bonds is 7. The Balaban J connectivity index is 1.76. The number of thioether (sulfide) groups is 1. The predicted molar refractivity (Wildman–Crippen MR) is 137 cm³/mol. The number of benzene rings is 3. The molecule has 3 aromatic rings. The van der Waals surface area contributed by atoms with E-state index in [1.165, 1.54) is 35.7 Å². The highest BCUT2D eigenvalue weighted by Crippen LogP contribution is 2.45. The summed E-state index contributed by atoms with van der Waals surface area (Å²) in [7, 11) is 0. The van der Waals surface area contributed by atoms with Crippen LogP contribution in [0.15, 0.2) is 105 Å². The van der Waals surface area contributed by atoms with Gasteiger partial charge in [0.15, 0.2) is 11.6 Å². The zero-order chi connectivity index (χ0) is 24.2. The Kier molecular flexibility index (Phi) is 7.29. The van der Waals surface area contributed by atoms with E-state index in [0.717, 1.165) is 15.4 Å². The van der Waals surface area contributed by atoms with Crippen molar-refractivity contribution in [2.45, 2.75) is 40.2 Å². The van der Waals surface area contributed by atoms with E-state index in [1.807, 2.05) is 80.6 Å². The fourth-order valence-corrected chi connectivity index (χ4v) is 5.76. The van der Waals surface area contributed by atoms with Crippen molar-refractivity contribution in [3.05, 3.63) is 101 Å². The van der Waals surface area contributed by atoms with E-state index < -0.39 is 11.6 Å². The Hall–Kier alpha value is -3.22. The van der Waals surface area contributed by atoms with Crippen molar-refractivity contribution in [1.82, 2.24) is 0 Å². The molecule has 172 valence electrons. The smallest absolute Gasteiger partial charge is 0.194 e. The van der Waals surface area contributed by atoms with E-state index in [1.54, 1.807) is 0 Å². The lowest BCUT2D eigenvalue weighted by Gasteiger charge is -2.24. The van der Waals surface area contributed by atoms with Crippen LogP contribution in [0.3, 0.4) is 0 Å². The summed E-state index contributed by atoms with van der Waals surface area (Å²) in [6.45, 7) is 3.97. The Morgan fingerprint density at radius 3 is 2.15 bits per heavy atom. The third-order valence-electron chi connectivity index (χ3n) is 5.35. The second-order valence-electron chi connectivity index (χ2n) is 8.14. The van der Waals surface area contributed by atoms with Gasteiger partial charge in [0.25, 0.3) is 0 Å². The third-order valence-corrected chi connectivity index (χ3v) is 7.66. The van der Waals surface area contributed by atoms with Crippen molar-refractivity contribution in [3.8, 4) is 11.5 Å². The second kappa shape index (κ2) is 10.4. The first-order chi connectivity index (χ1) is 16.3. The normalized spacial score (nSPS) is 13.8. The molecule has 0 aliphatic heterocycles. The van der Waals surface area contributed by atoms with E-state index >= 15 is 0 Å². The minimum absolute atomic E-state index is 0.128. The average molecular weight is 489 g/mol. The first-order valence-electron chi connectivity index (χ1n) is 10.8. The number of phenols is 2. The van der Waals surface area contributed by atoms with Crippen molar-refractivity contribution in [2.75, 3.05) is 0 Å². The molecule has 0 radical (unpaired) electrons. The molecule has 0 spiro atoms. The van der Waals surface area contributed by atoms with Crippen molar-refractivity contribution in [3.63, 3.8) is 0 Å². The summed E-state index contributed by atoms with van der Waals surface area (Å²) in [4.78, 5) is 28.9. The van der Waals surface area contributed by atoms with Gasteiger partial charge in [-0.1, -0.05) is 59.8 Å². The van der Waals surface area contributed by atoms with E-state index in [4.69, 9.17) is 0 Å². The number of fused-ring (bicyclic) bond motifs is 1. The lowest BCUT2D eigenvalue weighted by atomic mass is 9.86. The number of carbonyl (C=O) groups is 2. The van der Waals surface area contributed by atoms with Crippen LogP contribution < -0.4 is 0 Å². The van der Waals surface area contributed by atoms with Crippen molar-refractivity contribution >= 4 is 35.1 Å². The number of carbonyl (C=O) groups excluding carboxylic acids is 2. The second-order valence-corrected chi connectivity index (χ2v) is 10.5. The van der Waals surface area contributed by atoms with Crippen LogP contribution in [-0.2, 0) is 0 Å². The Morgan fingerprint density at radius 2 is 1.53 bits per heavy atom. The molecule has 0 amide bonds. The molecule has 0 saturated carbocycles. The zero-order valence-electron chi connectivity index (χ0n) is 18.8. The molecule has 4 nitrogen and oxygen atoms in total. The number of Topliss-reactive ketones (excluding diaryl/α,β-unsaturated/α-hetero) is 1. The number of hydrogen-bond acceptors (Lipinski definition) is 6. The lowest BCUT2D eigenvalue weighted by Crippen LogP contribution is -2.24. The number of ketones is 2. The molecule has 6 heteroatoms. The first kappa shape index (κ1) is 23.9. The molecular weight excluding hydrogens is 464 g/mol. The van der Waals surface area contributed by atoms with Gasteiger partial charge in [0.2, 0.25) is 0 Å². The molecule has 1 aliphatic rings. The number of allylic oxidation sites excluding steroid dienone is 3. The minimum Gasteiger partial charge on any atom is -0.507 e. The van der Waals surface area contributed by atoms with Crippen LogP contribution in [-0.4, -0.2) is 27.0 Å². The summed E-state index contributed by atoms with van der Waals surface area (Å²) in [5, 5.41) is 21.4. The summed E-state index contributed by atoms with van der Waals surface area (Å²) < 4.78 is 0. The van der Waals surface area contributed by atoms with Gasteiger partial charge in [-0.3, -0.25) is 9.59 Å². The van der Waals surface area contributed by atoms with Gasteiger partial charge in [-0.25, -0.2) is 0 Å². The first-order valence-corrected chi connectivity index (χ1v) is 12.5. The number of hydrogen-bond donors (Lipinski definition) is 2. The zero-order valence-corrected chi connectivity index (χ0v) is 20.5. The van der Waals surface area contributed by atoms with Crippen LogP contribution in [0.25, 0.3) is 0 Å².